The fourth-order valence-electron chi connectivity index (χ4n) is 2.17. The molecule has 2 nitrogen and oxygen atoms in total. The van der Waals surface area contributed by atoms with Gasteiger partial charge in [0.05, 0.1) is 6.61 Å². The molecule has 0 spiro atoms. The maximum atomic E-state index is 6.26. The highest BCUT2D eigenvalue weighted by Crippen LogP contribution is 2.19. The summed E-state index contributed by atoms with van der Waals surface area (Å²) in [4.78, 5) is 0. The molecule has 0 aromatic heterocycles. The van der Waals surface area contributed by atoms with Crippen LogP contribution in [0.5, 0.6) is 5.75 Å². The van der Waals surface area contributed by atoms with Gasteiger partial charge in [0.15, 0.2) is 0 Å². The van der Waals surface area contributed by atoms with Crippen LogP contribution in [0.4, 0.5) is 0 Å². The summed E-state index contributed by atoms with van der Waals surface area (Å²) >= 11 is 0. The summed E-state index contributed by atoms with van der Waals surface area (Å²) in [5.74, 6) is 0.941. The molecule has 1 unspecified atom stereocenters. The molecule has 3 heteroatoms. The molecule has 21 heavy (non-hydrogen) atoms. The van der Waals surface area contributed by atoms with Crippen molar-refractivity contribution in [3.8, 4) is 5.75 Å². The second kappa shape index (κ2) is 9.43. The lowest BCUT2D eigenvalue weighted by molar-refractivity contribution is 0.309. The van der Waals surface area contributed by atoms with Gasteiger partial charge in [-0.25, -0.2) is 0 Å². The third-order valence-corrected chi connectivity index (χ3v) is 3.35. The molecule has 0 heterocycles. The van der Waals surface area contributed by atoms with Gasteiger partial charge in [-0.3, -0.25) is 0 Å². The number of unbranched alkanes of at least 4 members (excludes halogenated alkanes) is 1. The SMILES string of the molecule is CCCCOc1cccc(CC(N)c2ccccc2)c1.Cl. The van der Waals surface area contributed by atoms with Gasteiger partial charge in [0.1, 0.15) is 5.75 Å². The standard InChI is InChI=1S/C18H23NO.ClH/c1-2-3-12-20-17-11-7-8-15(13-17)14-18(19)16-9-5-4-6-10-16;/h4-11,13,18H,2-3,12,14,19H2,1H3;1H. The van der Waals surface area contributed by atoms with Crippen LogP contribution in [-0.2, 0) is 6.42 Å². The van der Waals surface area contributed by atoms with Crippen molar-refractivity contribution >= 4 is 12.4 Å². The van der Waals surface area contributed by atoms with E-state index in [-0.39, 0.29) is 18.4 Å². The zero-order chi connectivity index (χ0) is 14.2. The number of nitrogens with two attached hydrogens (primary N) is 1. The molecule has 0 aliphatic carbocycles. The van der Waals surface area contributed by atoms with Crippen LogP contribution in [0.15, 0.2) is 54.6 Å². The molecule has 2 N–H and O–H groups in total. The minimum Gasteiger partial charge on any atom is -0.494 e. The average molecular weight is 306 g/mol. The average Bonchev–Trinajstić information content (AvgIpc) is 2.49. The summed E-state index contributed by atoms with van der Waals surface area (Å²) in [6.07, 6.45) is 3.07. The Hall–Kier alpha value is -1.51. The van der Waals surface area contributed by atoms with E-state index in [2.05, 4.69) is 31.2 Å². The summed E-state index contributed by atoms with van der Waals surface area (Å²) in [6, 6.07) is 18.5. The Bertz CT molecular complexity index is 516. The molecule has 0 saturated carbocycles. The van der Waals surface area contributed by atoms with Gasteiger partial charge in [0.25, 0.3) is 0 Å². The lowest BCUT2D eigenvalue weighted by Gasteiger charge is -2.13. The largest absolute Gasteiger partial charge is 0.494 e. The fourth-order valence-corrected chi connectivity index (χ4v) is 2.17. The lowest BCUT2D eigenvalue weighted by Crippen LogP contribution is -2.13. The van der Waals surface area contributed by atoms with E-state index >= 15 is 0 Å². The number of hydrogen-bond donors (Lipinski definition) is 1. The van der Waals surface area contributed by atoms with Crippen molar-refractivity contribution in [3.63, 3.8) is 0 Å². The van der Waals surface area contributed by atoms with Crippen molar-refractivity contribution in [1.29, 1.82) is 0 Å². The van der Waals surface area contributed by atoms with Gasteiger partial charge in [0, 0.05) is 6.04 Å². The molecule has 2 aromatic carbocycles. The van der Waals surface area contributed by atoms with E-state index in [1.54, 1.807) is 0 Å². The van der Waals surface area contributed by atoms with E-state index in [1.807, 2.05) is 30.3 Å². The molecular formula is C18H24ClNO. The third-order valence-electron chi connectivity index (χ3n) is 3.35. The highest BCUT2D eigenvalue weighted by molar-refractivity contribution is 5.85. The lowest BCUT2D eigenvalue weighted by atomic mass is 10.00. The van der Waals surface area contributed by atoms with E-state index in [0.717, 1.165) is 31.6 Å². The summed E-state index contributed by atoms with van der Waals surface area (Å²) in [6.45, 7) is 2.95. The molecule has 0 amide bonds. The number of hydrogen-bond acceptors (Lipinski definition) is 2. The quantitative estimate of drug-likeness (QED) is 0.763. The molecule has 2 rings (SSSR count). The van der Waals surface area contributed by atoms with Crippen LogP contribution < -0.4 is 10.5 Å². The number of benzene rings is 2. The first kappa shape index (κ1) is 17.5. The first-order valence-corrected chi connectivity index (χ1v) is 7.32. The summed E-state index contributed by atoms with van der Waals surface area (Å²) in [5, 5.41) is 0. The van der Waals surface area contributed by atoms with Crippen molar-refractivity contribution in [2.24, 2.45) is 5.73 Å². The van der Waals surface area contributed by atoms with E-state index in [4.69, 9.17) is 10.5 Å². The predicted octanol–water partition coefficient (Wildman–Crippen LogP) is 4.53. The van der Waals surface area contributed by atoms with Gasteiger partial charge >= 0.3 is 0 Å². The van der Waals surface area contributed by atoms with Crippen LogP contribution in [-0.4, -0.2) is 6.61 Å². The van der Waals surface area contributed by atoms with Gasteiger partial charge < -0.3 is 10.5 Å². The first-order valence-electron chi connectivity index (χ1n) is 7.32. The monoisotopic (exact) mass is 305 g/mol. The van der Waals surface area contributed by atoms with Gasteiger partial charge in [-0.2, -0.15) is 0 Å². The molecule has 0 aliphatic heterocycles. The van der Waals surface area contributed by atoms with Crippen LogP contribution in [0.25, 0.3) is 0 Å². The highest BCUT2D eigenvalue weighted by Gasteiger charge is 2.07. The number of rotatable bonds is 7. The summed E-state index contributed by atoms with van der Waals surface area (Å²) in [5.41, 5.74) is 8.65. The molecule has 0 aliphatic rings. The normalized spacial score (nSPS) is 11.5. The Kier molecular flexibility index (Phi) is 7.88. The minimum absolute atomic E-state index is 0. The Morgan fingerprint density at radius 2 is 1.81 bits per heavy atom. The zero-order valence-electron chi connectivity index (χ0n) is 12.5. The van der Waals surface area contributed by atoms with Crippen LogP contribution in [0.1, 0.15) is 36.9 Å². The van der Waals surface area contributed by atoms with E-state index < -0.39 is 0 Å². The van der Waals surface area contributed by atoms with E-state index in [9.17, 15) is 0 Å². The van der Waals surface area contributed by atoms with Crippen LogP contribution >= 0.6 is 12.4 Å². The van der Waals surface area contributed by atoms with Gasteiger partial charge in [-0.1, -0.05) is 55.8 Å². The molecule has 2 aromatic rings. The second-order valence-electron chi connectivity index (χ2n) is 5.07. The first-order chi connectivity index (χ1) is 9.79. The topological polar surface area (TPSA) is 35.2 Å². The predicted molar refractivity (Wildman–Crippen MR) is 91.2 cm³/mol. The molecule has 0 bridgehead atoms. The molecule has 1 atom stereocenters. The van der Waals surface area contributed by atoms with Gasteiger partial charge in [-0.05, 0) is 36.1 Å². The third kappa shape index (κ3) is 5.78. The Morgan fingerprint density at radius 1 is 1.05 bits per heavy atom. The van der Waals surface area contributed by atoms with E-state index in [0.29, 0.717) is 0 Å². The van der Waals surface area contributed by atoms with Crippen molar-refractivity contribution in [2.75, 3.05) is 6.61 Å². The van der Waals surface area contributed by atoms with Crippen molar-refractivity contribution in [3.05, 3.63) is 65.7 Å². The van der Waals surface area contributed by atoms with Crippen molar-refractivity contribution in [2.45, 2.75) is 32.2 Å². The molecule has 0 saturated heterocycles. The van der Waals surface area contributed by atoms with Crippen LogP contribution in [0.2, 0.25) is 0 Å². The van der Waals surface area contributed by atoms with Crippen LogP contribution in [0, 0.1) is 0 Å². The maximum absolute atomic E-state index is 6.26. The van der Waals surface area contributed by atoms with E-state index in [1.165, 1.54) is 11.1 Å². The molecule has 0 radical (unpaired) electrons. The zero-order valence-corrected chi connectivity index (χ0v) is 13.3. The number of halogens is 1. The number of ether oxygens (including phenoxy) is 1. The Morgan fingerprint density at radius 3 is 2.52 bits per heavy atom. The molecule has 114 valence electrons. The molecular weight excluding hydrogens is 282 g/mol. The summed E-state index contributed by atoms with van der Waals surface area (Å²) < 4.78 is 5.73. The van der Waals surface area contributed by atoms with Crippen molar-refractivity contribution in [1.82, 2.24) is 0 Å². The fraction of sp³-hybridized carbons (Fsp3) is 0.333. The van der Waals surface area contributed by atoms with Crippen molar-refractivity contribution < 1.29 is 4.74 Å². The summed E-state index contributed by atoms with van der Waals surface area (Å²) in [7, 11) is 0. The second-order valence-corrected chi connectivity index (χ2v) is 5.07. The Labute approximate surface area is 133 Å². The minimum atomic E-state index is 0. The molecule has 0 fully saturated rings. The van der Waals surface area contributed by atoms with Gasteiger partial charge in [-0.15, -0.1) is 12.4 Å². The van der Waals surface area contributed by atoms with Gasteiger partial charge in [0.2, 0.25) is 0 Å². The smallest absolute Gasteiger partial charge is 0.119 e. The van der Waals surface area contributed by atoms with Crippen LogP contribution in [0.3, 0.4) is 0 Å². The Balaban J connectivity index is 0.00000220. The highest BCUT2D eigenvalue weighted by atomic mass is 35.5. The maximum Gasteiger partial charge on any atom is 0.119 e.